The number of terminal acetylenes is 1. The highest BCUT2D eigenvalue weighted by Gasteiger charge is 2.40. The van der Waals surface area contributed by atoms with Crippen LogP contribution in [0.15, 0.2) is 30.6 Å². The molecule has 16 heteroatoms. The molecular weight excluding hydrogens is 659 g/mol. The molecule has 0 saturated carbocycles. The number of ether oxygens (including phenoxy) is 2. The molecule has 47 heavy (non-hydrogen) atoms. The highest BCUT2D eigenvalue weighted by Crippen LogP contribution is 2.35. The number of nitrogens with one attached hydrogen (secondary N) is 4. The number of nitrogens with zero attached hydrogens (tertiary/aromatic N) is 3. The summed E-state index contributed by atoms with van der Waals surface area (Å²) >= 11 is 5.74. The molecule has 0 bridgehead atoms. The molecule has 0 radical (unpaired) electrons. The molecule has 1 aliphatic rings. The first-order valence-electron chi connectivity index (χ1n) is 14.4. The van der Waals surface area contributed by atoms with Crippen LogP contribution >= 0.6 is 24.0 Å². The number of hydrogen-bond acceptors (Lipinski definition) is 9. The minimum atomic E-state index is -1.11. The number of carbonyl (C=O) groups is 3. The summed E-state index contributed by atoms with van der Waals surface area (Å²) in [6, 6.07) is 2.71. The van der Waals surface area contributed by atoms with E-state index in [1.807, 2.05) is 0 Å². The second-order valence-electron chi connectivity index (χ2n) is 10.5. The van der Waals surface area contributed by atoms with Crippen molar-refractivity contribution in [3.05, 3.63) is 47.2 Å². The van der Waals surface area contributed by atoms with Crippen molar-refractivity contribution < 1.29 is 32.6 Å². The van der Waals surface area contributed by atoms with Gasteiger partial charge in [-0.1, -0.05) is 17.5 Å². The summed E-state index contributed by atoms with van der Waals surface area (Å²) in [6.07, 6.45) is 6.69. The summed E-state index contributed by atoms with van der Waals surface area (Å²) in [4.78, 5) is 50.1. The van der Waals surface area contributed by atoms with E-state index in [0.717, 1.165) is 6.07 Å². The van der Waals surface area contributed by atoms with Crippen molar-refractivity contribution in [2.24, 2.45) is 0 Å². The van der Waals surface area contributed by atoms with Gasteiger partial charge in [-0.3, -0.25) is 14.4 Å². The Labute approximate surface area is 281 Å². The first-order chi connectivity index (χ1) is 22.0. The minimum Gasteiger partial charge on any atom is -0.494 e. The van der Waals surface area contributed by atoms with E-state index in [4.69, 9.17) is 27.5 Å². The van der Waals surface area contributed by atoms with E-state index >= 15 is 0 Å². The van der Waals surface area contributed by atoms with Crippen molar-refractivity contribution in [2.75, 3.05) is 37.9 Å². The number of fused-ring (bicyclic) bond motifs is 1. The number of hydrogen-bond donors (Lipinski definition) is 4. The molecule has 12 nitrogen and oxygen atoms in total. The monoisotopic (exact) mass is 693 g/mol. The van der Waals surface area contributed by atoms with Crippen molar-refractivity contribution >= 4 is 69.8 Å². The first kappa shape index (κ1) is 37.2. The van der Waals surface area contributed by atoms with E-state index in [2.05, 4.69) is 37.2 Å². The maximum absolute atomic E-state index is 14.7. The van der Waals surface area contributed by atoms with Crippen molar-refractivity contribution in [3.8, 4) is 18.1 Å². The predicted molar refractivity (Wildman–Crippen MR) is 176 cm³/mol. The number of rotatable bonds is 12. The topological polar surface area (TPSA) is 147 Å². The Bertz CT molecular complexity index is 1680. The van der Waals surface area contributed by atoms with Crippen LogP contribution in [0, 0.1) is 24.0 Å². The number of halogens is 4. The molecule has 2 aromatic carbocycles. The highest BCUT2D eigenvalue weighted by atomic mass is 35.5. The molecule has 1 saturated heterocycles. The molecule has 252 valence electrons. The van der Waals surface area contributed by atoms with Crippen LogP contribution in [0.3, 0.4) is 0 Å². The standard InChI is InChI=1S/C31H34ClF2N7O5.ClH/c1-6-12-46-17(3)27(40-29(42)16(2)35-4)31(44)41-11-7-8-23(41)30(43)39-22-13-18-21(14-24(22)45-5)36-15-37-28(18)38-20-10-9-19(33)25(32)26(20)34;/h1,9-10,13-17,23,27,35H,7-8,11-12H2,2-5H3,(H,39,43)(H,40,42)(H,36,37,38);1H/t16-,17+,23-,27-;/m0./s1. The Morgan fingerprint density at radius 3 is 2.62 bits per heavy atom. The van der Waals surface area contributed by atoms with Crippen molar-refractivity contribution in [3.63, 3.8) is 0 Å². The third kappa shape index (κ3) is 8.36. The fourth-order valence-corrected chi connectivity index (χ4v) is 5.13. The lowest BCUT2D eigenvalue weighted by Crippen LogP contribution is -2.58. The smallest absolute Gasteiger partial charge is 0.248 e. The second kappa shape index (κ2) is 16.5. The molecule has 0 unspecified atom stereocenters. The Morgan fingerprint density at radius 2 is 1.94 bits per heavy atom. The Morgan fingerprint density at radius 1 is 1.19 bits per heavy atom. The maximum Gasteiger partial charge on any atom is 0.248 e. The lowest BCUT2D eigenvalue weighted by atomic mass is 10.1. The summed E-state index contributed by atoms with van der Waals surface area (Å²) in [7, 11) is 3.03. The molecule has 2 heterocycles. The van der Waals surface area contributed by atoms with Gasteiger partial charge in [0.15, 0.2) is 5.82 Å². The van der Waals surface area contributed by atoms with Gasteiger partial charge in [0, 0.05) is 18.0 Å². The molecule has 3 amide bonds. The van der Waals surface area contributed by atoms with Gasteiger partial charge < -0.3 is 35.6 Å². The average Bonchev–Trinajstić information content (AvgIpc) is 3.56. The number of carbonyl (C=O) groups excluding carboxylic acids is 3. The quantitative estimate of drug-likeness (QED) is 0.164. The van der Waals surface area contributed by atoms with Crippen LogP contribution in [-0.2, 0) is 19.1 Å². The Kier molecular flexibility index (Phi) is 13.1. The summed E-state index contributed by atoms with van der Waals surface area (Å²) in [5, 5.41) is 10.9. The van der Waals surface area contributed by atoms with E-state index in [9.17, 15) is 23.2 Å². The van der Waals surface area contributed by atoms with Crippen LogP contribution in [-0.4, -0.2) is 84.1 Å². The number of benzene rings is 2. The normalized spacial score (nSPS) is 16.0. The number of aromatic nitrogens is 2. The van der Waals surface area contributed by atoms with Gasteiger partial charge in [-0.25, -0.2) is 18.7 Å². The van der Waals surface area contributed by atoms with E-state index in [-0.39, 0.29) is 48.5 Å². The minimum absolute atomic E-state index is 0. The van der Waals surface area contributed by atoms with Gasteiger partial charge in [0.1, 0.15) is 47.4 Å². The van der Waals surface area contributed by atoms with E-state index in [1.165, 1.54) is 30.5 Å². The fourth-order valence-electron chi connectivity index (χ4n) is 4.96. The molecule has 4 atom stereocenters. The lowest BCUT2D eigenvalue weighted by Gasteiger charge is -2.32. The van der Waals surface area contributed by atoms with E-state index in [0.29, 0.717) is 23.7 Å². The van der Waals surface area contributed by atoms with Gasteiger partial charge in [-0.2, -0.15) is 0 Å². The van der Waals surface area contributed by atoms with Crippen LogP contribution in [0.25, 0.3) is 10.9 Å². The molecule has 1 aliphatic heterocycles. The number of likely N-dealkylation sites (N-methyl/N-ethyl adjacent to an activating group) is 1. The van der Waals surface area contributed by atoms with E-state index < -0.39 is 58.6 Å². The molecule has 1 aromatic heterocycles. The zero-order chi connectivity index (χ0) is 33.5. The van der Waals surface area contributed by atoms with Crippen LogP contribution in [0.1, 0.15) is 26.7 Å². The second-order valence-corrected chi connectivity index (χ2v) is 10.9. The lowest BCUT2D eigenvalue weighted by molar-refractivity contribution is -0.143. The van der Waals surface area contributed by atoms with Crippen molar-refractivity contribution in [1.82, 2.24) is 25.5 Å². The third-order valence-electron chi connectivity index (χ3n) is 7.63. The molecule has 0 aliphatic carbocycles. The van der Waals surface area contributed by atoms with Crippen LogP contribution in [0.5, 0.6) is 5.75 Å². The van der Waals surface area contributed by atoms with Gasteiger partial charge in [-0.15, -0.1) is 18.8 Å². The molecule has 4 N–H and O–H groups in total. The molecular formula is C31H35Cl2F2N7O5. The van der Waals surface area contributed by atoms with Gasteiger partial charge >= 0.3 is 0 Å². The summed E-state index contributed by atoms with van der Waals surface area (Å²) < 4.78 is 39.5. The van der Waals surface area contributed by atoms with Crippen molar-refractivity contribution in [1.29, 1.82) is 0 Å². The molecule has 3 aromatic rings. The van der Waals surface area contributed by atoms with Crippen LogP contribution in [0.4, 0.5) is 26.0 Å². The summed E-state index contributed by atoms with van der Waals surface area (Å²) in [5.74, 6) is -0.576. The average molecular weight is 695 g/mol. The van der Waals surface area contributed by atoms with Crippen LogP contribution < -0.4 is 26.0 Å². The molecule has 1 fully saturated rings. The highest BCUT2D eigenvalue weighted by molar-refractivity contribution is 6.31. The number of methoxy groups -OCH3 is 1. The van der Waals surface area contributed by atoms with Gasteiger partial charge in [0.05, 0.1) is 36.1 Å². The first-order valence-corrected chi connectivity index (χ1v) is 14.8. The number of likely N-dealkylation sites (tertiary alicyclic amines) is 1. The Hall–Kier alpha value is -4.29. The van der Waals surface area contributed by atoms with Gasteiger partial charge in [0.2, 0.25) is 17.7 Å². The predicted octanol–water partition coefficient (Wildman–Crippen LogP) is 3.80. The SMILES string of the molecule is C#CCO[C@H](C)[C@H](NC(=O)[C@H](C)NC)C(=O)N1CCC[C@H]1C(=O)Nc1cc2c(Nc3ccc(F)c(Cl)c3F)ncnc2cc1OC.Cl. The van der Waals surface area contributed by atoms with E-state index in [1.54, 1.807) is 27.0 Å². The Balaban J connectivity index is 0.00000600. The molecule has 0 spiro atoms. The summed E-state index contributed by atoms with van der Waals surface area (Å²) in [5.41, 5.74) is 0.501. The van der Waals surface area contributed by atoms with Gasteiger partial charge in [0.25, 0.3) is 0 Å². The molecule has 4 rings (SSSR count). The zero-order valence-corrected chi connectivity index (χ0v) is 27.6. The fraction of sp³-hybridized carbons (Fsp3) is 0.387. The number of anilines is 3. The summed E-state index contributed by atoms with van der Waals surface area (Å²) in [6.45, 7) is 3.46. The van der Waals surface area contributed by atoms with Gasteiger partial charge in [-0.05, 0) is 51.9 Å². The van der Waals surface area contributed by atoms with Crippen molar-refractivity contribution in [2.45, 2.75) is 50.9 Å². The number of amides is 3. The third-order valence-corrected chi connectivity index (χ3v) is 7.98. The zero-order valence-electron chi connectivity index (χ0n) is 26.0. The van der Waals surface area contributed by atoms with Crippen LogP contribution in [0.2, 0.25) is 5.02 Å². The maximum atomic E-state index is 14.7. The largest absolute Gasteiger partial charge is 0.494 e.